The Bertz CT molecular complexity index is 621. The molecule has 0 saturated carbocycles. The van der Waals surface area contributed by atoms with Crippen LogP contribution in [0.2, 0.25) is 0 Å². The highest BCUT2D eigenvalue weighted by Gasteiger charge is 2.26. The third kappa shape index (κ3) is 2.53. The van der Waals surface area contributed by atoms with Gasteiger partial charge in [-0.25, -0.2) is 0 Å². The molecule has 2 aromatic rings. The largest absolute Gasteiger partial charge is 0.507 e. The van der Waals surface area contributed by atoms with Crippen molar-refractivity contribution in [2.75, 3.05) is 5.32 Å². The predicted molar refractivity (Wildman–Crippen MR) is 77.1 cm³/mol. The number of hydrogen-bond donors (Lipinski definition) is 3. The highest BCUT2D eigenvalue weighted by atomic mass is 16.3. The second-order valence-corrected chi connectivity index (χ2v) is 4.90. The standard InChI is InChI=1S/C15H18N2O2/c1-3-15(2,16)14(19)17-12-8-4-7-11-10(12)6-5-9-13(11)18/h4-9,18H,3,16H2,1-2H3,(H,17,19). The summed E-state index contributed by atoms with van der Waals surface area (Å²) in [4.78, 5) is 12.1. The maximum Gasteiger partial charge on any atom is 0.244 e. The van der Waals surface area contributed by atoms with E-state index in [0.717, 1.165) is 5.39 Å². The monoisotopic (exact) mass is 258 g/mol. The number of amides is 1. The van der Waals surface area contributed by atoms with Gasteiger partial charge in [-0.1, -0.05) is 31.2 Å². The van der Waals surface area contributed by atoms with Crippen molar-refractivity contribution >= 4 is 22.4 Å². The van der Waals surface area contributed by atoms with E-state index in [2.05, 4.69) is 5.32 Å². The quantitative estimate of drug-likeness (QED) is 0.792. The Hall–Kier alpha value is -2.07. The number of anilines is 1. The van der Waals surface area contributed by atoms with Crippen LogP contribution in [0.1, 0.15) is 20.3 Å². The number of carbonyl (C=O) groups excluding carboxylic acids is 1. The van der Waals surface area contributed by atoms with Gasteiger partial charge in [-0.15, -0.1) is 0 Å². The number of rotatable bonds is 3. The summed E-state index contributed by atoms with van der Waals surface area (Å²) in [6.07, 6.45) is 0.550. The fraction of sp³-hybridized carbons (Fsp3) is 0.267. The number of aromatic hydroxyl groups is 1. The zero-order valence-electron chi connectivity index (χ0n) is 11.1. The Labute approximate surface area is 112 Å². The van der Waals surface area contributed by atoms with Gasteiger partial charge in [0.2, 0.25) is 5.91 Å². The first-order valence-electron chi connectivity index (χ1n) is 6.27. The fourth-order valence-electron chi connectivity index (χ4n) is 1.83. The first-order chi connectivity index (χ1) is 8.95. The van der Waals surface area contributed by atoms with Crippen LogP contribution in [0.25, 0.3) is 10.8 Å². The first kappa shape index (κ1) is 13.4. The summed E-state index contributed by atoms with van der Waals surface area (Å²) in [5.41, 5.74) is 5.67. The molecular weight excluding hydrogens is 240 g/mol. The van der Waals surface area contributed by atoms with Crippen LogP contribution in [-0.4, -0.2) is 16.6 Å². The average Bonchev–Trinajstić information content (AvgIpc) is 2.40. The van der Waals surface area contributed by atoms with Crippen molar-refractivity contribution in [3.63, 3.8) is 0 Å². The highest BCUT2D eigenvalue weighted by Crippen LogP contribution is 2.30. The molecule has 0 aliphatic rings. The van der Waals surface area contributed by atoms with E-state index in [1.165, 1.54) is 0 Å². The third-order valence-electron chi connectivity index (χ3n) is 3.40. The van der Waals surface area contributed by atoms with E-state index in [0.29, 0.717) is 17.5 Å². The SMILES string of the molecule is CCC(C)(N)C(=O)Nc1cccc2c(O)cccc12. The Morgan fingerprint density at radius 2 is 1.89 bits per heavy atom. The van der Waals surface area contributed by atoms with E-state index in [1.54, 1.807) is 31.2 Å². The van der Waals surface area contributed by atoms with Crippen LogP contribution in [0.5, 0.6) is 5.75 Å². The average molecular weight is 258 g/mol. The molecule has 1 atom stereocenters. The van der Waals surface area contributed by atoms with E-state index in [9.17, 15) is 9.90 Å². The molecule has 0 aliphatic carbocycles. The van der Waals surface area contributed by atoms with Gasteiger partial charge in [0.15, 0.2) is 0 Å². The molecular formula is C15H18N2O2. The number of benzene rings is 2. The summed E-state index contributed by atoms with van der Waals surface area (Å²) in [6.45, 7) is 3.57. The molecule has 2 rings (SSSR count). The topological polar surface area (TPSA) is 75.4 Å². The van der Waals surface area contributed by atoms with Gasteiger partial charge in [-0.05, 0) is 25.5 Å². The third-order valence-corrected chi connectivity index (χ3v) is 3.40. The molecule has 4 heteroatoms. The lowest BCUT2D eigenvalue weighted by Crippen LogP contribution is -2.47. The van der Waals surface area contributed by atoms with Crippen molar-refractivity contribution in [2.45, 2.75) is 25.8 Å². The molecule has 100 valence electrons. The van der Waals surface area contributed by atoms with Gasteiger partial charge >= 0.3 is 0 Å². The van der Waals surface area contributed by atoms with Gasteiger partial charge in [0.25, 0.3) is 0 Å². The van der Waals surface area contributed by atoms with Crippen LogP contribution < -0.4 is 11.1 Å². The molecule has 4 N–H and O–H groups in total. The van der Waals surface area contributed by atoms with Gasteiger partial charge < -0.3 is 16.2 Å². The van der Waals surface area contributed by atoms with Crippen LogP contribution in [0.4, 0.5) is 5.69 Å². The molecule has 0 saturated heterocycles. The highest BCUT2D eigenvalue weighted by molar-refractivity contribution is 6.06. The summed E-state index contributed by atoms with van der Waals surface area (Å²) in [6, 6.07) is 10.6. The summed E-state index contributed by atoms with van der Waals surface area (Å²) in [5, 5.41) is 14.1. The van der Waals surface area contributed by atoms with E-state index < -0.39 is 5.54 Å². The summed E-state index contributed by atoms with van der Waals surface area (Å²) < 4.78 is 0. The lowest BCUT2D eigenvalue weighted by molar-refractivity contribution is -0.120. The maximum atomic E-state index is 12.1. The van der Waals surface area contributed by atoms with Crippen LogP contribution in [0.15, 0.2) is 36.4 Å². The van der Waals surface area contributed by atoms with Gasteiger partial charge in [-0.3, -0.25) is 4.79 Å². The van der Waals surface area contributed by atoms with Gasteiger partial charge in [0, 0.05) is 16.5 Å². The Balaban J connectivity index is 2.42. The molecule has 1 unspecified atom stereocenters. The fourth-order valence-corrected chi connectivity index (χ4v) is 1.83. The zero-order valence-corrected chi connectivity index (χ0v) is 11.1. The van der Waals surface area contributed by atoms with Crippen molar-refractivity contribution in [3.8, 4) is 5.75 Å². The van der Waals surface area contributed by atoms with E-state index in [4.69, 9.17) is 5.73 Å². The molecule has 0 aromatic heterocycles. The molecule has 1 amide bonds. The number of nitrogens with two attached hydrogens (primary N) is 1. The Kier molecular flexibility index (Phi) is 3.44. The van der Waals surface area contributed by atoms with Crippen molar-refractivity contribution in [1.82, 2.24) is 0 Å². The van der Waals surface area contributed by atoms with Gasteiger partial charge in [0.05, 0.1) is 5.54 Å². The molecule has 2 aromatic carbocycles. The molecule has 0 bridgehead atoms. The lowest BCUT2D eigenvalue weighted by Gasteiger charge is -2.22. The number of phenolic OH excluding ortho intramolecular Hbond substituents is 1. The van der Waals surface area contributed by atoms with E-state index >= 15 is 0 Å². The summed E-state index contributed by atoms with van der Waals surface area (Å²) in [7, 11) is 0. The number of phenols is 1. The molecule has 0 aliphatic heterocycles. The second kappa shape index (κ2) is 4.90. The number of carbonyl (C=O) groups is 1. The Morgan fingerprint density at radius 1 is 1.26 bits per heavy atom. The van der Waals surface area contributed by atoms with Crippen LogP contribution >= 0.6 is 0 Å². The van der Waals surface area contributed by atoms with Crippen LogP contribution in [-0.2, 0) is 4.79 Å². The van der Waals surface area contributed by atoms with E-state index in [-0.39, 0.29) is 11.7 Å². The van der Waals surface area contributed by atoms with Crippen molar-refractivity contribution < 1.29 is 9.90 Å². The summed E-state index contributed by atoms with van der Waals surface area (Å²) in [5.74, 6) is -0.0366. The lowest BCUT2D eigenvalue weighted by atomic mass is 9.99. The molecule has 4 nitrogen and oxygen atoms in total. The van der Waals surface area contributed by atoms with Gasteiger partial charge in [-0.2, -0.15) is 0 Å². The zero-order chi connectivity index (χ0) is 14.0. The predicted octanol–water partition coefficient (Wildman–Crippen LogP) is 2.61. The Morgan fingerprint density at radius 3 is 2.58 bits per heavy atom. The molecule has 0 spiro atoms. The maximum absolute atomic E-state index is 12.1. The number of hydrogen-bond acceptors (Lipinski definition) is 3. The van der Waals surface area contributed by atoms with Crippen LogP contribution in [0, 0.1) is 0 Å². The second-order valence-electron chi connectivity index (χ2n) is 4.90. The molecule has 0 fully saturated rings. The first-order valence-corrected chi connectivity index (χ1v) is 6.27. The minimum Gasteiger partial charge on any atom is -0.507 e. The minimum absolute atomic E-state index is 0.194. The van der Waals surface area contributed by atoms with Gasteiger partial charge in [0.1, 0.15) is 5.75 Å². The van der Waals surface area contributed by atoms with Crippen LogP contribution in [0.3, 0.4) is 0 Å². The molecule has 0 heterocycles. The van der Waals surface area contributed by atoms with Crippen molar-refractivity contribution in [2.24, 2.45) is 5.73 Å². The van der Waals surface area contributed by atoms with Crippen molar-refractivity contribution in [1.29, 1.82) is 0 Å². The minimum atomic E-state index is -0.904. The van der Waals surface area contributed by atoms with E-state index in [1.807, 2.05) is 19.1 Å². The molecule has 19 heavy (non-hydrogen) atoms. The van der Waals surface area contributed by atoms with Crippen molar-refractivity contribution in [3.05, 3.63) is 36.4 Å². The summed E-state index contributed by atoms with van der Waals surface area (Å²) >= 11 is 0. The molecule has 0 radical (unpaired) electrons. The number of fused-ring (bicyclic) bond motifs is 1. The number of nitrogens with one attached hydrogen (secondary N) is 1. The normalized spacial score (nSPS) is 14.1. The smallest absolute Gasteiger partial charge is 0.244 e.